The summed E-state index contributed by atoms with van der Waals surface area (Å²) in [6.45, 7) is 2.83. The lowest BCUT2D eigenvalue weighted by atomic mass is 10.4. The van der Waals surface area contributed by atoms with Crippen molar-refractivity contribution in [1.29, 1.82) is 0 Å². The highest BCUT2D eigenvalue weighted by molar-refractivity contribution is 4.59. The van der Waals surface area contributed by atoms with E-state index in [9.17, 15) is 8.78 Å². The summed E-state index contributed by atoms with van der Waals surface area (Å²) in [7, 11) is 1.63. The van der Waals surface area contributed by atoms with Gasteiger partial charge in [0.1, 0.15) is 0 Å². The van der Waals surface area contributed by atoms with Crippen LogP contribution in [0.5, 0.6) is 0 Å². The molecule has 0 amide bonds. The van der Waals surface area contributed by atoms with Gasteiger partial charge in [0, 0.05) is 40.0 Å². The first kappa shape index (κ1) is 15.7. The summed E-state index contributed by atoms with van der Waals surface area (Å²) >= 11 is 0. The Morgan fingerprint density at radius 3 is 2.50 bits per heavy atom. The minimum Gasteiger partial charge on any atom is -0.385 e. The molecule has 0 unspecified atom stereocenters. The lowest BCUT2D eigenvalue weighted by molar-refractivity contribution is 0.0545. The van der Waals surface area contributed by atoms with Gasteiger partial charge in [-0.2, -0.15) is 0 Å². The van der Waals surface area contributed by atoms with Crippen LogP contribution >= 0.6 is 0 Å². The Bertz CT molecular complexity index is 151. The summed E-state index contributed by atoms with van der Waals surface area (Å²) in [6, 6.07) is 0. The zero-order valence-corrected chi connectivity index (χ0v) is 9.83. The average Bonchev–Trinajstić information content (AvgIpc) is 2.22. The van der Waals surface area contributed by atoms with E-state index in [1.54, 1.807) is 12.0 Å². The molecule has 2 N–H and O–H groups in total. The maximum Gasteiger partial charge on any atom is 0.251 e. The molecule has 0 atom stereocenters. The van der Waals surface area contributed by atoms with Crippen molar-refractivity contribution in [2.45, 2.75) is 12.8 Å². The fraction of sp³-hybridized carbons (Fsp3) is 1.00. The van der Waals surface area contributed by atoms with Crippen molar-refractivity contribution in [3.63, 3.8) is 0 Å². The van der Waals surface area contributed by atoms with E-state index in [0.29, 0.717) is 39.5 Å². The van der Waals surface area contributed by atoms with Crippen molar-refractivity contribution in [1.82, 2.24) is 4.90 Å². The van der Waals surface area contributed by atoms with Gasteiger partial charge in [-0.25, -0.2) is 8.78 Å². The van der Waals surface area contributed by atoms with Crippen LogP contribution in [0.1, 0.15) is 6.42 Å². The summed E-state index contributed by atoms with van der Waals surface area (Å²) in [6.07, 6.45) is -1.50. The molecule has 16 heavy (non-hydrogen) atoms. The number of ether oxygens (including phenoxy) is 2. The van der Waals surface area contributed by atoms with Crippen LogP contribution in [0.4, 0.5) is 8.78 Å². The maximum absolute atomic E-state index is 12.1. The van der Waals surface area contributed by atoms with E-state index in [-0.39, 0.29) is 6.54 Å². The molecule has 0 rings (SSSR count). The molecule has 0 aromatic carbocycles. The first-order valence-corrected chi connectivity index (χ1v) is 5.48. The minimum atomic E-state index is -2.32. The summed E-state index contributed by atoms with van der Waals surface area (Å²) in [5.41, 5.74) is 5.33. The second-order valence-corrected chi connectivity index (χ2v) is 3.44. The Hall–Kier alpha value is -0.300. The van der Waals surface area contributed by atoms with Gasteiger partial charge in [-0.3, -0.25) is 4.90 Å². The Morgan fingerprint density at radius 1 is 1.19 bits per heavy atom. The molecule has 0 radical (unpaired) electrons. The lowest BCUT2D eigenvalue weighted by Gasteiger charge is -2.20. The van der Waals surface area contributed by atoms with Gasteiger partial charge < -0.3 is 15.2 Å². The topological polar surface area (TPSA) is 47.7 Å². The number of rotatable bonds is 11. The normalized spacial score (nSPS) is 11.6. The first-order chi connectivity index (χ1) is 7.70. The number of alkyl halides is 2. The summed E-state index contributed by atoms with van der Waals surface area (Å²) in [5, 5.41) is 0. The van der Waals surface area contributed by atoms with Gasteiger partial charge in [0.25, 0.3) is 6.43 Å². The predicted octanol–water partition coefficient (Wildman–Crippen LogP) is 0.565. The van der Waals surface area contributed by atoms with Crippen molar-refractivity contribution in [3.8, 4) is 0 Å². The summed E-state index contributed by atoms with van der Waals surface area (Å²) in [4.78, 5) is 1.61. The highest BCUT2D eigenvalue weighted by Gasteiger charge is 2.10. The lowest BCUT2D eigenvalue weighted by Crippen LogP contribution is -2.36. The predicted molar refractivity (Wildman–Crippen MR) is 58.8 cm³/mol. The van der Waals surface area contributed by atoms with Crippen molar-refractivity contribution in [2.24, 2.45) is 5.73 Å². The quantitative estimate of drug-likeness (QED) is 0.536. The fourth-order valence-corrected chi connectivity index (χ4v) is 1.27. The molecule has 0 aromatic heterocycles. The molecular weight excluding hydrogens is 218 g/mol. The standard InChI is InChI=1S/C10H22F2N2O2/c1-15-6-2-7-16-8-5-14(4-3-13)9-10(11)12/h10H,2-9,13H2,1H3. The third-order valence-corrected chi connectivity index (χ3v) is 2.03. The van der Waals surface area contributed by atoms with Crippen LogP contribution in [0, 0.1) is 0 Å². The molecule has 0 heterocycles. The molecule has 0 aliphatic carbocycles. The molecule has 0 aliphatic heterocycles. The van der Waals surface area contributed by atoms with Crippen LogP contribution in [0.25, 0.3) is 0 Å². The van der Waals surface area contributed by atoms with Crippen molar-refractivity contribution in [2.75, 3.05) is 53.1 Å². The number of nitrogens with two attached hydrogens (primary N) is 1. The van der Waals surface area contributed by atoms with Crippen LogP contribution < -0.4 is 5.73 Å². The van der Waals surface area contributed by atoms with Crippen molar-refractivity contribution >= 4 is 0 Å². The number of halogens is 2. The molecule has 0 spiro atoms. The highest BCUT2D eigenvalue weighted by atomic mass is 19.3. The molecule has 0 aromatic rings. The average molecular weight is 240 g/mol. The molecule has 4 nitrogen and oxygen atoms in total. The molecule has 0 saturated carbocycles. The van der Waals surface area contributed by atoms with Gasteiger partial charge in [-0.1, -0.05) is 0 Å². The number of hydrogen-bond acceptors (Lipinski definition) is 4. The third kappa shape index (κ3) is 10.2. The van der Waals surface area contributed by atoms with E-state index in [4.69, 9.17) is 15.2 Å². The van der Waals surface area contributed by atoms with Gasteiger partial charge in [0.2, 0.25) is 0 Å². The van der Waals surface area contributed by atoms with E-state index in [0.717, 1.165) is 6.42 Å². The van der Waals surface area contributed by atoms with Crippen LogP contribution in [0.2, 0.25) is 0 Å². The Morgan fingerprint density at radius 2 is 1.94 bits per heavy atom. The second-order valence-electron chi connectivity index (χ2n) is 3.44. The SMILES string of the molecule is COCCCOCCN(CCN)CC(F)F. The zero-order chi connectivity index (χ0) is 12.2. The van der Waals surface area contributed by atoms with E-state index < -0.39 is 6.43 Å². The summed E-state index contributed by atoms with van der Waals surface area (Å²) < 4.78 is 34.4. The van der Waals surface area contributed by atoms with E-state index in [2.05, 4.69) is 0 Å². The largest absolute Gasteiger partial charge is 0.385 e. The first-order valence-electron chi connectivity index (χ1n) is 5.48. The molecular formula is C10H22F2N2O2. The molecule has 6 heteroatoms. The fourth-order valence-electron chi connectivity index (χ4n) is 1.27. The minimum absolute atomic E-state index is 0.237. The zero-order valence-electron chi connectivity index (χ0n) is 9.83. The highest BCUT2D eigenvalue weighted by Crippen LogP contribution is 1.97. The number of methoxy groups -OCH3 is 1. The number of hydrogen-bond donors (Lipinski definition) is 1. The van der Waals surface area contributed by atoms with Crippen LogP contribution in [-0.4, -0.2) is 64.4 Å². The van der Waals surface area contributed by atoms with Gasteiger partial charge in [0.05, 0.1) is 13.2 Å². The smallest absolute Gasteiger partial charge is 0.251 e. The van der Waals surface area contributed by atoms with Crippen LogP contribution in [0.3, 0.4) is 0 Å². The maximum atomic E-state index is 12.1. The Kier molecular flexibility index (Phi) is 11.0. The Balaban J connectivity index is 3.44. The monoisotopic (exact) mass is 240 g/mol. The van der Waals surface area contributed by atoms with Gasteiger partial charge in [-0.15, -0.1) is 0 Å². The van der Waals surface area contributed by atoms with Gasteiger partial charge in [-0.05, 0) is 6.42 Å². The van der Waals surface area contributed by atoms with E-state index in [1.165, 1.54) is 0 Å². The molecule has 98 valence electrons. The third-order valence-electron chi connectivity index (χ3n) is 2.03. The van der Waals surface area contributed by atoms with Crippen molar-refractivity contribution < 1.29 is 18.3 Å². The molecule has 0 fully saturated rings. The van der Waals surface area contributed by atoms with Crippen molar-refractivity contribution in [3.05, 3.63) is 0 Å². The van der Waals surface area contributed by atoms with Gasteiger partial charge in [0.15, 0.2) is 0 Å². The van der Waals surface area contributed by atoms with Gasteiger partial charge >= 0.3 is 0 Å². The van der Waals surface area contributed by atoms with E-state index in [1.807, 2.05) is 0 Å². The molecule has 0 saturated heterocycles. The second kappa shape index (κ2) is 11.2. The molecule has 0 aliphatic rings. The van der Waals surface area contributed by atoms with E-state index >= 15 is 0 Å². The summed E-state index contributed by atoms with van der Waals surface area (Å²) in [5.74, 6) is 0. The Labute approximate surface area is 95.7 Å². The molecule has 0 bridgehead atoms. The van der Waals surface area contributed by atoms with Crippen LogP contribution in [-0.2, 0) is 9.47 Å². The van der Waals surface area contributed by atoms with Crippen LogP contribution in [0.15, 0.2) is 0 Å². The number of nitrogens with zero attached hydrogens (tertiary/aromatic N) is 1.